The number of anilines is 1. The van der Waals surface area contributed by atoms with Crippen molar-refractivity contribution in [2.45, 2.75) is 6.92 Å². The number of hydrogen-bond donors (Lipinski definition) is 1. The van der Waals surface area contributed by atoms with E-state index in [2.05, 4.69) is 10.3 Å². The van der Waals surface area contributed by atoms with E-state index >= 15 is 0 Å². The number of aryl methyl sites for hydroxylation is 1. The molecule has 0 saturated carbocycles. The fourth-order valence-electron chi connectivity index (χ4n) is 1.66. The topological polar surface area (TPSA) is 85.1 Å². The fraction of sp³-hybridized carbons (Fsp3) is 0.0769. The highest BCUT2D eigenvalue weighted by molar-refractivity contribution is 6.33. The molecule has 1 aromatic carbocycles. The van der Waals surface area contributed by atoms with Gasteiger partial charge in [0.15, 0.2) is 0 Å². The van der Waals surface area contributed by atoms with Gasteiger partial charge >= 0.3 is 0 Å². The zero-order chi connectivity index (χ0) is 15.6. The van der Waals surface area contributed by atoms with Gasteiger partial charge < -0.3 is 5.32 Å². The Kier molecular flexibility index (Phi) is 4.40. The number of aromatic nitrogens is 1. The third-order valence-corrected chi connectivity index (χ3v) is 3.20. The lowest BCUT2D eigenvalue weighted by Crippen LogP contribution is -2.14. The van der Waals surface area contributed by atoms with Crippen LogP contribution in [0.25, 0.3) is 0 Å². The summed E-state index contributed by atoms with van der Waals surface area (Å²) in [6, 6.07) is 7.27. The Hall–Kier alpha value is -2.18. The molecule has 0 saturated heterocycles. The molecular weight excluding hydrogens is 317 g/mol. The van der Waals surface area contributed by atoms with Crippen LogP contribution in [0.5, 0.6) is 0 Å². The van der Waals surface area contributed by atoms with Crippen LogP contribution in [0, 0.1) is 17.0 Å². The molecule has 2 rings (SSSR count). The van der Waals surface area contributed by atoms with Crippen LogP contribution in [-0.2, 0) is 0 Å². The van der Waals surface area contributed by atoms with Crippen molar-refractivity contribution < 1.29 is 9.72 Å². The third kappa shape index (κ3) is 3.48. The second kappa shape index (κ2) is 6.07. The Balaban J connectivity index is 2.30. The monoisotopic (exact) mass is 325 g/mol. The number of hydrogen-bond acceptors (Lipinski definition) is 4. The highest BCUT2D eigenvalue weighted by Crippen LogP contribution is 2.30. The first-order valence-corrected chi connectivity index (χ1v) is 6.52. The number of nitrogens with one attached hydrogen (secondary N) is 1. The van der Waals surface area contributed by atoms with Crippen LogP contribution in [0.3, 0.4) is 0 Å². The van der Waals surface area contributed by atoms with Gasteiger partial charge in [-0.15, -0.1) is 0 Å². The number of carbonyl (C=O) groups excluding carboxylic acids is 1. The van der Waals surface area contributed by atoms with E-state index in [1.165, 1.54) is 18.2 Å². The molecule has 2 aromatic rings. The standard InChI is InChI=1S/C13H9Cl2N3O3/c1-7-5-11(18(20)21)8(14)6-10(7)17-13(19)9-3-2-4-12(15)16-9/h2-6H,1H3,(H,17,19). The summed E-state index contributed by atoms with van der Waals surface area (Å²) < 4.78 is 0. The fourth-order valence-corrected chi connectivity index (χ4v) is 2.06. The normalized spacial score (nSPS) is 10.2. The number of nitrogens with zero attached hydrogens (tertiary/aromatic N) is 2. The molecule has 0 spiro atoms. The maximum Gasteiger partial charge on any atom is 0.288 e. The molecule has 0 radical (unpaired) electrons. The Morgan fingerprint density at radius 1 is 1.33 bits per heavy atom. The zero-order valence-electron chi connectivity index (χ0n) is 10.8. The van der Waals surface area contributed by atoms with Crippen LogP contribution < -0.4 is 5.32 Å². The van der Waals surface area contributed by atoms with E-state index in [0.717, 1.165) is 0 Å². The van der Waals surface area contributed by atoms with Crippen LogP contribution in [0.2, 0.25) is 10.2 Å². The van der Waals surface area contributed by atoms with E-state index in [4.69, 9.17) is 23.2 Å². The smallest absolute Gasteiger partial charge is 0.288 e. The van der Waals surface area contributed by atoms with Crippen molar-refractivity contribution in [2.75, 3.05) is 5.32 Å². The molecule has 1 N–H and O–H groups in total. The molecule has 21 heavy (non-hydrogen) atoms. The number of nitro benzene ring substituents is 1. The molecule has 0 unspecified atom stereocenters. The van der Waals surface area contributed by atoms with Gasteiger partial charge in [0.2, 0.25) is 0 Å². The van der Waals surface area contributed by atoms with Gasteiger partial charge in [-0.1, -0.05) is 29.3 Å². The Morgan fingerprint density at radius 3 is 2.67 bits per heavy atom. The molecule has 1 aromatic heterocycles. The van der Waals surface area contributed by atoms with Crippen molar-refractivity contribution in [2.24, 2.45) is 0 Å². The van der Waals surface area contributed by atoms with Crippen LogP contribution >= 0.6 is 23.2 Å². The first-order valence-electron chi connectivity index (χ1n) is 5.77. The van der Waals surface area contributed by atoms with Gasteiger partial charge in [0, 0.05) is 11.8 Å². The number of amides is 1. The van der Waals surface area contributed by atoms with Gasteiger partial charge in [-0.25, -0.2) is 4.98 Å². The van der Waals surface area contributed by atoms with Crippen molar-refractivity contribution in [3.05, 3.63) is 61.9 Å². The van der Waals surface area contributed by atoms with Crippen LogP contribution in [0.4, 0.5) is 11.4 Å². The molecular formula is C13H9Cl2N3O3. The lowest BCUT2D eigenvalue weighted by Gasteiger charge is -2.09. The van der Waals surface area contributed by atoms with Crippen molar-refractivity contribution in [1.29, 1.82) is 0 Å². The Bertz CT molecular complexity index is 735. The average Bonchev–Trinajstić information content (AvgIpc) is 2.42. The molecule has 0 bridgehead atoms. The van der Waals surface area contributed by atoms with E-state index in [0.29, 0.717) is 11.3 Å². The predicted octanol–water partition coefficient (Wildman–Crippen LogP) is 3.86. The molecule has 108 valence electrons. The minimum atomic E-state index is -0.584. The molecule has 0 aliphatic rings. The predicted molar refractivity (Wildman–Crippen MR) is 80.0 cm³/mol. The Morgan fingerprint density at radius 2 is 2.05 bits per heavy atom. The van der Waals surface area contributed by atoms with Gasteiger partial charge in [0.05, 0.1) is 4.92 Å². The van der Waals surface area contributed by atoms with Gasteiger partial charge in [0.25, 0.3) is 11.6 Å². The SMILES string of the molecule is Cc1cc([N+](=O)[O-])c(Cl)cc1NC(=O)c1cccc(Cl)n1. The highest BCUT2D eigenvalue weighted by Gasteiger charge is 2.17. The number of carbonyl (C=O) groups is 1. The molecule has 0 fully saturated rings. The molecule has 0 aliphatic carbocycles. The molecule has 8 heteroatoms. The van der Waals surface area contributed by atoms with E-state index in [9.17, 15) is 14.9 Å². The van der Waals surface area contributed by atoms with Crippen molar-refractivity contribution in [3.8, 4) is 0 Å². The zero-order valence-corrected chi connectivity index (χ0v) is 12.3. The Labute approximate surface area is 129 Å². The van der Waals surface area contributed by atoms with E-state index in [-0.39, 0.29) is 21.6 Å². The molecule has 1 heterocycles. The van der Waals surface area contributed by atoms with Crippen molar-refractivity contribution in [1.82, 2.24) is 4.98 Å². The van der Waals surface area contributed by atoms with Gasteiger partial charge in [-0.3, -0.25) is 14.9 Å². The van der Waals surface area contributed by atoms with Crippen LogP contribution in [-0.4, -0.2) is 15.8 Å². The minimum Gasteiger partial charge on any atom is -0.320 e. The highest BCUT2D eigenvalue weighted by atomic mass is 35.5. The number of rotatable bonds is 3. The summed E-state index contributed by atoms with van der Waals surface area (Å²) in [7, 11) is 0. The summed E-state index contributed by atoms with van der Waals surface area (Å²) in [6.45, 7) is 1.63. The number of pyridine rings is 1. The maximum atomic E-state index is 12.0. The van der Waals surface area contributed by atoms with Crippen LogP contribution in [0.1, 0.15) is 16.1 Å². The maximum absolute atomic E-state index is 12.0. The molecule has 6 nitrogen and oxygen atoms in total. The van der Waals surface area contributed by atoms with Crippen LogP contribution in [0.15, 0.2) is 30.3 Å². The average molecular weight is 326 g/mol. The molecule has 0 atom stereocenters. The van der Waals surface area contributed by atoms with Gasteiger partial charge in [-0.05, 0) is 30.7 Å². The van der Waals surface area contributed by atoms with E-state index in [1.54, 1.807) is 19.1 Å². The first-order chi connectivity index (χ1) is 9.88. The molecule has 1 amide bonds. The van der Waals surface area contributed by atoms with Crippen molar-refractivity contribution in [3.63, 3.8) is 0 Å². The lowest BCUT2D eigenvalue weighted by atomic mass is 10.1. The van der Waals surface area contributed by atoms with Gasteiger partial charge in [0.1, 0.15) is 15.9 Å². The number of halogens is 2. The summed E-state index contributed by atoms with van der Waals surface area (Å²) >= 11 is 11.5. The largest absolute Gasteiger partial charge is 0.320 e. The van der Waals surface area contributed by atoms with Crippen molar-refractivity contribution >= 4 is 40.5 Å². The summed E-state index contributed by atoms with van der Waals surface area (Å²) in [5.41, 5.74) is 0.809. The number of benzene rings is 1. The molecule has 0 aliphatic heterocycles. The quantitative estimate of drug-likeness (QED) is 0.527. The summed E-state index contributed by atoms with van der Waals surface area (Å²) in [5, 5.41) is 13.5. The summed E-state index contributed by atoms with van der Waals surface area (Å²) in [6.07, 6.45) is 0. The third-order valence-electron chi connectivity index (χ3n) is 2.69. The van der Waals surface area contributed by atoms with E-state index in [1.807, 2.05) is 0 Å². The number of nitro groups is 1. The van der Waals surface area contributed by atoms with E-state index < -0.39 is 10.8 Å². The minimum absolute atomic E-state index is 0.0556. The second-order valence-corrected chi connectivity index (χ2v) is 4.97. The summed E-state index contributed by atoms with van der Waals surface area (Å²) in [4.78, 5) is 26.1. The van der Waals surface area contributed by atoms with Gasteiger partial charge in [-0.2, -0.15) is 0 Å². The first kappa shape index (κ1) is 15.2. The summed E-state index contributed by atoms with van der Waals surface area (Å²) in [5.74, 6) is -0.481. The lowest BCUT2D eigenvalue weighted by molar-refractivity contribution is -0.384. The second-order valence-electron chi connectivity index (χ2n) is 4.18.